The number of nitrogens with zero attached hydrogens (tertiary/aromatic N) is 3. The van der Waals surface area contributed by atoms with Crippen LogP contribution in [0, 0.1) is 0 Å². The molecule has 0 aliphatic heterocycles. The predicted molar refractivity (Wildman–Crippen MR) is 105 cm³/mol. The van der Waals surface area contributed by atoms with Crippen LogP contribution in [0.3, 0.4) is 0 Å². The summed E-state index contributed by atoms with van der Waals surface area (Å²) in [4.78, 5) is 40.9. The zero-order chi connectivity index (χ0) is 20.4. The molecule has 0 aromatic carbocycles. The first-order valence-electron chi connectivity index (χ1n) is 8.58. The molecule has 0 aliphatic rings. The van der Waals surface area contributed by atoms with Gasteiger partial charge >= 0.3 is 0 Å². The van der Waals surface area contributed by atoms with E-state index in [1.54, 1.807) is 36.7 Å². The molecule has 29 heavy (non-hydrogen) atoms. The number of furan rings is 1. The quantitative estimate of drug-likeness (QED) is 0.444. The van der Waals surface area contributed by atoms with E-state index in [2.05, 4.69) is 15.4 Å². The molecule has 0 saturated carbocycles. The van der Waals surface area contributed by atoms with Crippen LogP contribution in [-0.2, 0) is 16.0 Å². The van der Waals surface area contributed by atoms with Gasteiger partial charge in [-0.1, -0.05) is 6.07 Å². The van der Waals surface area contributed by atoms with E-state index in [0.717, 1.165) is 4.70 Å². The van der Waals surface area contributed by atoms with Gasteiger partial charge in [0, 0.05) is 18.2 Å². The SMILES string of the molecule is NC(=O)C(=O)C(Cc1csc2ccoc12)NC(=O)c1ccnn1-c1ccccn1. The Hall–Kier alpha value is -3.79. The first-order chi connectivity index (χ1) is 14.0. The Morgan fingerprint density at radius 2 is 2.07 bits per heavy atom. The number of Topliss-reactive ketones (excluding diaryl/α,β-unsaturated/α-hetero) is 1. The average Bonchev–Trinajstić information content (AvgIpc) is 3.45. The van der Waals surface area contributed by atoms with Crippen LogP contribution >= 0.6 is 11.3 Å². The standard InChI is InChI=1S/C19H15N5O4S/c20-18(26)16(25)12(9-11-10-29-14-5-8-28-17(11)14)23-19(27)13-4-7-22-24(13)15-3-1-2-6-21-15/h1-8,10,12H,9H2,(H2,20,26)(H,23,27). The van der Waals surface area contributed by atoms with Crippen LogP contribution in [0.15, 0.2) is 58.8 Å². The number of nitrogens with two attached hydrogens (primary N) is 1. The van der Waals surface area contributed by atoms with Gasteiger partial charge < -0.3 is 15.5 Å². The fourth-order valence-corrected chi connectivity index (χ4v) is 3.82. The molecule has 2 amide bonds. The van der Waals surface area contributed by atoms with Crippen molar-refractivity contribution >= 4 is 39.2 Å². The topological polar surface area (TPSA) is 133 Å². The van der Waals surface area contributed by atoms with E-state index in [-0.39, 0.29) is 12.1 Å². The molecule has 0 saturated heterocycles. The van der Waals surface area contributed by atoms with Crippen LogP contribution in [0.25, 0.3) is 16.1 Å². The van der Waals surface area contributed by atoms with Crippen molar-refractivity contribution in [3.63, 3.8) is 0 Å². The fraction of sp³-hybridized carbons (Fsp3) is 0.105. The number of nitrogens with one attached hydrogen (secondary N) is 1. The molecule has 10 heteroatoms. The molecule has 4 rings (SSSR count). The second-order valence-electron chi connectivity index (χ2n) is 6.15. The Labute approximate surface area is 168 Å². The van der Waals surface area contributed by atoms with E-state index in [9.17, 15) is 14.4 Å². The van der Waals surface area contributed by atoms with Gasteiger partial charge in [0.15, 0.2) is 5.82 Å². The minimum absolute atomic E-state index is 0.0682. The van der Waals surface area contributed by atoms with Crippen LogP contribution in [0.1, 0.15) is 16.1 Å². The van der Waals surface area contributed by atoms with Gasteiger partial charge in [-0.3, -0.25) is 14.4 Å². The zero-order valence-electron chi connectivity index (χ0n) is 14.9. The third-order valence-electron chi connectivity index (χ3n) is 4.28. The van der Waals surface area contributed by atoms with Gasteiger partial charge in [0.25, 0.3) is 11.8 Å². The lowest BCUT2D eigenvalue weighted by atomic mass is 10.0. The summed E-state index contributed by atoms with van der Waals surface area (Å²) in [5.41, 5.74) is 6.67. The molecule has 4 aromatic rings. The van der Waals surface area contributed by atoms with Gasteiger partial charge in [0.05, 0.1) is 17.2 Å². The van der Waals surface area contributed by atoms with Crippen molar-refractivity contribution in [3.05, 3.63) is 65.6 Å². The minimum Gasteiger partial charge on any atom is -0.463 e. The minimum atomic E-state index is -1.14. The summed E-state index contributed by atoms with van der Waals surface area (Å²) >= 11 is 1.44. The first-order valence-corrected chi connectivity index (χ1v) is 9.46. The maximum atomic E-state index is 12.9. The average molecular weight is 409 g/mol. The van der Waals surface area contributed by atoms with E-state index >= 15 is 0 Å². The maximum Gasteiger partial charge on any atom is 0.287 e. The molecule has 0 radical (unpaired) electrons. The van der Waals surface area contributed by atoms with Crippen LogP contribution < -0.4 is 11.1 Å². The Kier molecular flexibility index (Phi) is 4.92. The van der Waals surface area contributed by atoms with Crippen LogP contribution in [-0.4, -0.2) is 38.4 Å². The third kappa shape index (κ3) is 3.65. The van der Waals surface area contributed by atoms with E-state index in [1.807, 2.05) is 5.38 Å². The molecule has 146 valence electrons. The Balaban J connectivity index is 1.61. The van der Waals surface area contributed by atoms with Crippen molar-refractivity contribution in [2.75, 3.05) is 0 Å². The number of aromatic nitrogens is 3. The van der Waals surface area contributed by atoms with Crippen molar-refractivity contribution in [2.24, 2.45) is 5.73 Å². The van der Waals surface area contributed by atoms with Gasteiger partial charge in [-0.05, 0) is 29.6 Å². The normalized spacial score (nSPS) is 12.0. The number of primary amides is 1. The molecule has 1 atom stereocenters. The van der Waals surface area contributed by atoms with E-state index < -0.39 is 23.6 Å². The predicted octanol–water partition coefficient (Wildman–Crippen LogP) is 1.47. The molecule has 0 fully saturated rings. The smallest absolute Gasteiger partial charge is 0.287 e. The number of rotatable bonds is 7. The number of thiophene rings is 1. The molecule has 1 unspecified atom stereocenters. The maximum absolute atomic E-state index is 12.9. The van der Waals surface area contributed by atoms with Crippen molar-refractivity contribution in [2.45, 2.75) is 12.5 Å². The lowest BCUT2D eigenvalue weighted by Gasteiger charge is -2.16. The molecule has 4 heterocycles. The molecular weight excluding hydrogens is 394 g/mol. The number of hydrogen-bond donors (Lipinski definition) is 2. The number of hydrogen-bond acceptors (Lipinski definition) is 7. The summed E-state index contributed by atoms with van der Waals surface area (Å²) in [6.45, 7) is 0. The zero-order valence-corrected chi connectivity index (χ0v) is 15.8. The highest BCUT2D eigenvalue weighted by molar-refractivity contribution is 7.17. The number of fused-ring (bicyclic) bond motifs is 1. The fourth-order valence-electron chi connectivity index (χ4n) is 2.92. The number of carbonyl (C=O) groups excluding carboxylic acids is 3. The van der Waals surface area contributed by atoms with Gasteiger partial charge in [-0.25, -0.2) is 9.67 Å². The third-order valence-corrected chi connectivity index (χ3v) is 5.26. The molecular formula is C19H15N5O4S. The van der Waals surface area contributed by atoms with E-state index in [1.165, 1.54) is 28.3 Å². The Morgan fingerprint density at radius 3 is 2.83 bits per heavy atom. The molecule has 9 nitrogen and oxygen atoms in total. The van der Waals surface area contributed by atoms with E-state index in [4.69, 9.17) is 10.2 Å². The molecule has 3 N–H and O–H groups in total. The van der Waals surface area contributed by atoms with Crippen LogP contribution in [0.2, 0.25) is 0 Å². The molecule has 4 aromatic heterocycles. The number of pyridine rings is 1. The second-order valence-corrected chi connectivity index (χ2v) is 7.06. The Morgan fingerprint density at radius 1 is 1.21 bits per heavy atom. The highest BCUT2D eigenvalue weighted by atomic mass is 32.1. The summed E-state index contributed by atoms with van der Waals surface area (Å²) in [5, 5.41) is 8.52. The highest BCUT2D eigenvalue weighted by Crippen LogP contribution is 2.28. The van der Waals surface area contributed by atoms with Crippen molar-refractivity contribution < 1.29 is 18.8 Å². The van der Waals surface area contributed by atoms with Crippen molar-refractivity contribution in [1.82, 2.24) is 20.1 Å². The summed E-state index contributed by atoms with van der Waals surface area (Å²) in [6.07, 6.45) is 4.63. The molecule has 0 aliphatic carbocycles. The number of carbonyl (C=O) groups is 3. The summed E-state index contributed by atoms with van der Waals surface area (Å²) in [6, 6.07) is 7.34. The lowest BCUT2D eigenvalue weighted by Crippen LogP contribution is -2.47. The summed E-state index contributed by atoms with van der Waals surface area (Å²) < 4.78 is 7.68. The van der Waals surface area contributed by atoms with Crippen LogP contribution in [0.5, 0.6) is 0 Å². The lowest BCUT2D eigenvalue weighted by molar-refractivity contribution is -0.137. The highest BCUT2D eigenvalue weighted by Gasteiger charge is 2.28. The summed E-state index contributed by atoms with van der Waals surface area (Å²) in [7, 11) is 0. The van der Waals surface area contributed by atoms with E-state index in [0.29, 0.717) is 17.0 Å². The van der Waals surface area contributed by atoms with Gasteiger partial charge in [0.1, 0.15) is 17.3 Å². The van der Waals surface area contributed by atoms with Gasteiger partial charge in [0.2, 0.25) is 5.78 Å². The van der Waals surface area contributed by atoms with Crippen molar-refractivity contribution in [3.8, 4) is 5.82 Å². The number of ketones is 1. The number of amides is 2. The van der Waals surface area contributed by atoms with Crippen molar-refractivity contribution in [1.29, 1.82) is 0 Å². The van der Waals surface area contributed by atoms with Crippen LogP contribution in [0.4, 0.5) is 0 Å². The second kappa shape index (κ2) is 7.68. The monoisotopic (exact) mass is 409 g/mol. The van der Waals surface area contributed by atoms with Gasteiger partial charge in [-0.2, -0.15) is 5.10 Å². The van der Waals surface area contributed by atoms with Gasteiger partial charge in [-0.15, -0.1) is 11.3 Å². The first kappa shape index (κ1) is 18.6. The Bertz CT molecular complexity index is 1190. The summed E-state index contributed by atoms with van der Waals surface area (Å²) in [5.74, 6) is -2.16. The largest absolute Gasteiger partial charge is 0.463 e. The molecule has 0 bridgehead atoms. The molecule has 0 spiro atoms.